The molecule has 4 heteroatoms. The van der Waals surface area contributed by atoms with Gasteiger partial charge >= 0.3 is 0 Å². The molecule has 2 aliphatic carbocycles. The summed E-state index contributed by atoms with van der Waals surface area (Å²) < 4.78 is 6.24. The summed E-state index contributed by atoms with van der Waals surface area (Å²) in [6.07, 6.45) is 13.3. The summed E-state index contributed by atoms with van der Waals surface area (Å²) in [4.78, 5) is 4.57. The van der Waals surface area contributed by atoms with Gasteiger partial charge in [-0.3, -0.25) is 0 Å². The molecule has 2 fully saturated rings. The van der Waals surface area contributed by atoms with Crippen molar-refractivity contribution < 1.29 is 4.74 Å². The Morgan fingerprint density at radius 3 is 2.26 bits per heavy atom. The summed E-state index contributed by atoms with van der Waals surface area (Å²) in [6.45, 7) is 0. The van der Waals surface area contributed by atoms with Gasteiger partial charge in [-0.05, 0) is 38.5 Å². The lowest BCUT2D eigenvalue weighted by molar-refractivity contribution is 0.157. The van der Waals surface area contributed by atoms with Crippen LogP contribution in [0.2, 0.25) is 0 Å². The molecule has 0 aliphatic heterocycles. The number of ether oxygens (including phenoxy) is 1. The van der Waals surface area contributed by atoms with Crippen molar-refractivity contribution in [2.75, 3.05) is 5.73 Å². The minimum absolute atomic E-state index is 0.399. The Labute approximate surface area is 119 Å². The molecule has 0 saturated heterocycles. The van der Waals surface area contributed by atoms with Crippen LogP contribution in [0.15, 0.2) is 0 Å². The zero-order valence-electron chi connectivity index (χ0n) is 11.6. The predicted octanol–water partition coefficient (Wildman–Crippen LogP) is 4.48. The minimum atomic E-state index is 0.399. The third-order valence-electron chi connectivity index (χ3n) is 4.45. The lowest BCUT2D eigenvalue weighted by Gasteiger charge is -2.25. The van der Waals surface area contributed by atoms with Crippen molar-refractivity contribution in [3.8, 4) is 5.06 Å². The van der Waals surface area contributed by atoms with E-state index in [2.05, 4.69) is 4.98 Å². The van der Waals surface area contributed by atoms with Crippen LogP contribution in [0.4, 0.5) is 5.13 Å². The van der Waals surface area contributed by atoms with E-state index in [1.165, 1.54) is 64.2 Å². The number of nitrogens with two attached hydrogens (primary N) is 1. The molecule has 2 aliphatic rings. The molecule has 0 spiro atoms. The molecule has 3 rings (SSSR count). The van der Waals surface area contributed by atoms with Crippen LogP contribution in [0.25, 0.3) is 0 Å². The minimum Gasteiger partial charge on any atom is -0.479 e. The predicted molar refractivity (Wildman–Crippen MR) is 79.9 cm³/mol. The van der Waals surface area contributed by atoms with Crippen LogP contribution in [0.5, 0.6) is 5.06 Å². The van der Waals surface area contributed by atoms with Crippen molar-refractivity contribution in [2.24, 2.45) is 0 Å². The first-order valence-electron chi connectivity index (χ1n) is 7.76. The van der Waals surface area contributed by atoms with Crippen molar-refractivity contribution in [3.63, 3.8) is 0 Å². The SMILES string of the molecule is Nc1nc(C2CCCCC2)c(OC2CCCCC2)s1. The van der Waals surface area contributed by atoms with E-state index in [9.17, 15) is 0 Å². The highest BCUT2D eigenvalue weighted by Gasteiger charge is 2.25. The van der Waals surface area contributed by atoms with Crippen LogP contribution in [0.3, 0.4) is 0 Å². The molecule has 0 aromatic carbocycles. The van der Waals surface area contributed by atoms with E-state index in [-0.39, 0.29) is 0 Å². The molecular formula is C15H24N2OS. The second-order valence-electron chi connectivity index (χ2n) is 5.94. The molecule has 1 aromatic rings. The highest BCUT2D eigenvalue weighted by Crippen LogP contribution is 2.42. The van der Waals surface area contributed by atoms with Gasteiger partial charge < -0.3 is 10.5 Å². The Morgan fingerprint density at radius 1 is 0.947 bits per heavy atom. The van der Waals surface area contributed by atoms with E-state index in [0.29, 0.717) is 17.2 Å². The molecule has 0 unspecified atom stereocenters. The van der Waals surface area contributed by atoms with Gasteiger partial charge in [0, 0.05) is 5.92 Å². The maximum absolute atomic E-state index is 6.24. The van der Waals surface area contributed by atoms with Gasteiger partial charge in [-0.2, -0.15) is 0 Å². The summed E-state index contributed by atoms with van der Waals surface area (Å²) in [7, 11) is 0. The van der Waals surface area contributed by atoms with E-state index in [1.807, 2.05) is 0 Å². The van der Waals surface area contributed by atoms with E-state index in [0.717, 1.165) is 10.8 Å². The highest BCUT2D eigenvalue weighted by molar-refractivity contribution is 7.17. The molecule has 0 atom stereocenters. The molecule has 3 nitrogen and oxygen atoms in total. The maximum Gasteiger partial charge on any atom is 0.199 e. The second kappa shape index (κ2) is 6.12. The first kappa shape index (κ1) is 13.2. The molecule has 2 saturated carbocycles. The van der Waals surface area contributed by atoms with Crippen LogP contribution < -0.4 is 10.5 Å². The van der Waals surface area contributed by atoms with Crippen LogP contribution in [-0.4, -0.2) is 11.1 Å². The van der Waals surface area contributed by atoms with E-state index in [4.69, 9.17) is 10.5 Å². The molecule has 0 bridgehead atoms. The molecule has 2 N–H and O–H groups in total. The number of nitrogens with zero attached hydrogens (tertiary/aromatic N) is 1. The van der Waals surface area contributed by atoms with Gasteiger partial charge in [0.05, 0.1) is 11.8 Å². The average molecular weight is 280 g/mol. The Hall–Kier alpha value is -0.770. The van der Waals surface area contributed by atoms with Crippen molar-refractivity contribution in [1.82, 2.24) is 4.98 Å². The summed E-state index contributed by atoms with van der Waals surface area (Å²) >= 11 is 1.55. The van der Waals surface area contributed by atoms with Gasteiger partial charge in [0.25, 0.3) is 0 Å². The van der Waals surface area contributed by atoms with Crippen LogP contribution in [0.1, 0.15) is 75.8 Å². The first-order chi connectivity index (χ1) is 9.33. The highest BCUT2D eigenvalue weighted by atomic mass is 32.1. The van der Waals surface area contributed by atoms with Crippen LogP contribution >= 0.6 is 11.3 Å². The topological polar surface area (TPSA) is 48.1 Å². The standard InChI is InChI=1S/C15H24N2OS/c16-15-17-13(11-7-3-1-4-8-11)14(19-15)18-12-9-5-2-6-10-12/h11-12H,1-10H2,(H2,16,17). The fourth-order valence-corrected chi connectivity index (χ4v) is 4.22. The average Bonchev–Trinajstić information content (AvgIpc) is 2.82. The number of aromatic nitrogens is 1. The molecule has 19 heavy (non-hydrogen) atoms. The van der Waals surface area contributed by atoms with Gasteiger partial charge in [-0.1, -0.05) is 37.0 Å². The lowest BCUT2D eigenvalue weighted by atomic mass is 9.87. The third kappa shape index (κ3) is 3.22. The summed E-state index contributed by atoms with van der Waals surface area (Å²) in [5, 5.41) is 1.70. The fourth-order valence-electron chi connectivity index (χ4n) is 3.39. The summed E-state index contributed by atoms with van der Waals surface area (Å²) in [5.41, 5.74) is 7.08. The number of hydrogen-bond acceptors (Lipinski definition) is 4. The Bertz CT molecular complexity index is 406. The van der Waals surface area contributed by atoms with Crippen molar-refractivity contribution in [2.45, 2.75) is 76.2 Å². The smallest absolute Gasteiger partial charge is 0.199 e. The molecule has 1 heterocycles. The van der Waals surface area contributed by atoms with Crippen LogP contribution in [0, 0.1) is 0 Å². The summed E-state index contributed by atoms with van der Waals surface area (Å²) in [6, 6.07) is 0. The van der Waals surface area contributed by atoms with Gasteiger partial charge in [0.2, 0.25) is 0 Å². The van der Waals surface area contributed by atoms with Gasteiger partial charge in [-0.15, -0.1) is 0 Å². The van der Waals surface area contributed by atoms with Crippen LogP contribution in [-0.2, 0) is 0 Å². The van der Waals surface area contributed by atoms with Gasteiger partial charge in [-0.25, -0.2) is 4.98 Å². The zero-order valence-corrected chi connectivity index (χ0v) is 12.4. The monoisotopic (exact) mass is 280 g/mol. The van der Waals surface area contributed by atoms with Gasteiger partial charge in [0.15, 0.2) is 10.2 Å². The lowest BCUT2D eigenvalue weighted by Crippen LogP contribution is -2.20. The van der Waals surface area contributed by atoms with Gasteiger partial charge in [0.1, 0.15) is 0 Å². The molecule has 0 amide bonds. The second-order valence-corrected chi connectivity index (χ2v) is 6.93. The Balaban J connectivity index is 1.72. The zero-order chi connectivity index (χ0) is 13.1. The van der Waals surface area contributed by atoms with E-state index < -0.39 is 0 Å². The van der Waals surface area contributed by atoms with E-state index >= 15 is 0 Å². The molecule has 106 valence electrons. The largest absolute Gasteiger partial charge is 0.479 e. The van der Waals surface area contributed by atoms with Crippen molar-refractivity contribution in [1.29, 1.82) is 0 Å². The quantitative estimate of drug-likeness (QED) is 0.887. The van der Waals surface area contributed by atoms with E-state index in [1.54, 1.807) is 11.3 Å². The normalized spacial score (nSPS) is 22.5. The number of hydrogen-bond donors (Lipinski definition) is 1. The number of nitrogen functional groups attached to an aromatic ring is 1. The maximum atomic E-state index is 6.24. The summed E-state index contributed by atoms with van der Waals surface area (Å²) in [5.74, 6) is 0.584. The Morgan fingerprint density at radius 2 is 1.58 bits per heavy atom. The molecule has 0 radical (unpaired) electrons. The number of rotatable bonds is 3. The number of thiazole rings is 1. The van der Waals surface area contributed by atoms with Crippen molar-refractivity contribution >= 4 is 16.5 Å². The molecular weight excluding hydrogens is 256 g/mol. The number of anilines is 1. The Kier molecular flexibility index (Phi) is 4.26. The first-order valence-corrected chi connectivity index (χ1v) is 8.57. The fraction of sp³-hybridized carbons (Fsp3) is 0.800. The van der Waals surface area contributed by atoms with Crippen molar-refractivity contribution in [3.05, 3.63) is 5.69 Å². The molecule has 1 aromatic heterocycles. The third-order valence-corrected chi connectivity index (χ3v) is 5.25.